The van der Waals surface area contributed by atoms with Crippen LogP contribution in [0.5, 0.6) is 0 Å². The number of rotatable bonds is 4. The number of hydrogen-bond donors (Lipinski definition) is 0. The van der Waals surface area contributed by atoms with E-state index in [0.717, 1.165) is 58.5 Å². The third kappa shape index (κ3) is 3.87. The van der Waals surface area contributed by atoms with Gasteiger partial charge in [-0.2, -0.15) is 0 Å². The molecule has 5 heteroatoms. The average molecular weight is 322 g/mol. The molecule has 23 heavy (non-hydrogen) atoms. The van der Waals surface area contributed by atoms with Crippen LogP contribution in [-0.4, -0.2) is 60.0 Å². The van der Waals surface area contributed by atoms with Crippen molar-refractivity contribution in [3.8, 4) is 0 Å². The molecule has 0 radical (unpaired) electrons. The molecule has 3 aliphatic rings. The lowest BCUT2D eigenvalue weighted by Gasteiger charge is -2.53. The van der Waals surface area contributed by atoms with Gasteiger partial charge in [-0.1, -0.05) is 13.8 Å². The molecule has 3 saturated heterocycles. The van der Waals surface area contributed by atoms with E-state index in [0.29, 0.717) is 30.6 Å². The van der Waals surface area contributed by atoms with Gasteiger partial charge in [-0.25, -0.2) is 0 Å². The van der Waals surface area contributed by atoms with E-state index in [1.807, 2.05) is 9.80 Å². The van der Waals surface area contributed by atoms with Gasteiger partial charge in [0.15, 0.2) is 0 Å². The lowest BCUT2D eigenvalue weighted by atomic mass is 9.82. The van der Waals surface area contributed by atoms with Gasteiger partial charge in [0, 0.05) is 31.8 Å². The van der Waals surface area contributed by atoms with Gasteiger partial charge in [-0.3, -0.25) is 9.59 Å². The molecule has 0 unspecified atom stereocenters. The van der Waals surface area contributed by atoms with Crippen molar-refractivity contribution >= 4 is 11.8 Å². The lowest BCUT2D eigenvalue weighted by molar-refractivity contribution is -0.190. The molecule has 1 atom stereocenters. The van der Waals surface area contributed by atoms with E-state index in [1.54, 1.807) is 0 Å². The Bertz CT molecular complexity index is 447. The highest BCUT2D eigenvalue weighted by Gasteiger charge is 2.48. The van der Waals surface area contributed by atoms with Gasteiger partial charge < -0.3 is 14.5 Å². The van der Waals surface area contributed by atoms with Crippen molar-refractivity contribution in [3.63, 3.8) is 0 Å². The Hall–Kier alpha value is -1.10. The molecule has 1 spiro atoms. The molecule has 0 aromatic rings. The van der Waals surface area contributed by atoms with Crippen molar-refractivity contribution in [3.05, 3.63) is 0 Å². The molecular weight excluding hydrogens is 292 g/mol. The summed E-state index contributed by atoms with van der Waals surface area (Å²) in [6, 6.07) is 0. The third-order valence-electron chi connectivity index (χ3n) is 5.43. The topological polar surface area (TPSA) is 49.9 Å². The maximum Gasteiger partial charge on any atom is 0.223 e. The van der Waals surface area contributed by atoms with E-state index in [1.165, 1.54) is 0 Å². The zero-order chi connectivity index (χ0) is 16.4. The second kappa shape index (κ2) is 6.80. The Morgan fingerprint density at radius 3 is 2.74 bits per heavy atom. The highest BCUT2D eigenvalue weighted by atomic mass is 16.5. The fourth-order valence-electron chi connectivity index (χ4n) is 3.98. The summed E-state index contributed by atoms with van der Waals surface area (Å²) in [5.41, 5.74) is -0.0882. The van der Waals surface area contributed by atoms with Gasteiger partial charge >= 0.3 is 0 Å². The summed E-state index contributed by atoms with van der Waals surface area (Å²) < 4.78 is 6.14. The summed E-state index contributed by atoms with van der Waals surface area (Å²) in [5.74, 6) is 1.45. The van der Waals surface area contributed by atoms with E-state index < -0.39 is 0 Å². The zero-order valence-electron chi connectivity index (χ0n) is 14.6. The van der Waals surface area contributed by atoms with Crippen molar-refractivity contribution in [2.75, 3.05) is 32.8 Å². The first-order chi connectivity index (χ1) is 11.0. The predicted molar refractivity (Wildman–Crippen MR) is 87.9 cm³/mol. The molecule has 0 bridgehead atoms. The first kappa shape index (κ1) is 16.7. The fourth-order valence-corrected chi connectivity index (χ4v) is 3.98. The minimum absolute atomic E-state index is 0.0882. The highest BCUT2D eigenvalue weighted by Crippen LogP contribution is 2.37. The summed E-state index contributed by atoms with van der Waals surface area (Å²) in [7, 11) is 0. The SMILES string of the molecule is CC(C)CC(=O)N1CC2(CC[C@H](CN3CCCCC3=O)CO2)C1. The Labute approximate surface area is 139 Å². The molecule has 3 fully saturated rings. The molecule has 2 amide bonds. The normalized spacial score (nSPS) is 27.4. The first-order valence-corrected chi connectivity index (χ1v) is 9.17. The smallest absolute Gasteiger partial charge is 0.223 e. The number of carbonyl (C=O) groups excluding carboxylic acids is 2. The van der Waals surface area contributed by atoms with Crippen molar-refractivity contribution < 1.29 is 14.3 Å². The van der Waals surface area contributed by atoms with Crippen molar-refractivity contribution in [2.45, 2.75) is 58.0 Å². The fraction of sp³-hybridized carbons (Fsp3) is 0.889. The summed E-state index contributed by atoms with van der Waals surface area (Å²) >= 11 is 0. The highest BCUT2D eigenvalue weighted by molar-refractivity contribution is 5.77. The molecule has 0 aromatic heterocycles. The van der Waals surface area contributed by atoms with Crippen LogP contribution in [0.25, 0.3) is 0 Å². The van der Waals surface area contributed by atoms with Crippen molar-refractivity contribution in [1.29, 1.82) is 0 Å². The molecule has 0 saturated carbocycles. The summed E-state index contributed by atoms with van der Waals surface area (Å²) in [6.45, 7) is 8.18. The Morgan fingerprint density at radius 1 is 1.35 bits per heavy atom. The maximum atomic E-state index is 12.1. The maximum absolute atomic E-state index is 12.1. The molecule has 0 N–H and O–H groups in total. The molecule has 3 aliphatic heterocycles. The summed E-state index contributed by atoms with van der Waals surface area (Å²) in [6.07, 6.45) is 5.65. The van der Waals surface area contributed by atoms with Gasteiger partial charge in [0.1, 0.15) is 5.60 Å². The minimum atomic E-state index is -0.0882. The van der Waals surface area contributed by atoms with Crippen molar-refractivity contribution in [2.24, 2.45) is 11.8 Å². The van der Waals surface area contributed by atoms with Gasteiger partial charge in [0.05, 0.1) is 19.7 Å². The number of nitrogens with zero attached hydrogens (tertiary/aromatic N) is 2. The standard InChI is InChI=1S/C18H30N2O3/c1-14(2)9-17(22)20-12-18(13-20)7-6-15(11-23-18)10-19-8-4-3-5-16(19)21/h14-15H,3-13H2,1-2H3/t15-/m1/s1. The molecule has 3 heterocycles. The average Bonchev–Trinajstić information content (AvgIpc) is 2.47. The number of amides is 2. The quantitative estimate of drug-likeness (QED) is 0.796. The molecule has 5 nitrogen and oxygen atoms in total. The second-order valence-electron chi connectivity index (χ2n) is 8.04. The lowest BCUT2D eigenvalue weighted by Crippen LogP contribution is -2.66. The molecule has 130 valence electrons. The van der Waals surface area contributed by atoms with Crippen LogP contribution in [0.2, 0.25) is 0 Å². The number of carbonyl (C=O) groups is 2. The van der Waals surface area contributed by atoms with Crippen LogP contribution in [0.3, 0.4) is 0 Å². The Kier molecular flexibility index (Phi) is 4.95. The van der Waals surface area contributed by atoms with E-state index in [9.17, 15) is 9.59 Å². The number of ether oxygens (including phenoxy) is 1. The predicted octanol–water partition coefficient (Wildman–Crippen LogP) is 2.05. The Morgan fingerprint density at radius 2 is 2.13 bits per heavy atom. The largest absolute Gasteiger partial charge is 0.371 e. The number of likely N-dealkylation sites (tertiary alicyclic amines) is 2. The van der Waals surface area contributed by atoms with Crippen LogP contribution >= 0.6 is 0 Å². The number of piperidine rings is 1. The molecule has 0 aliphatic carbocycles. The third-order valence-corrected chi connectivity index (χ3v) is 5.43. The van der Waals surface area contributed by atoms with E-state index in [4.69, 9.17) is 4.74 Å². The van der Waals surface area contributed by atoms with Gasteiger partial charge in [0.2, 0.25) is 11.8 Å². The van der Waals surface area contributed by atoms with Crippen LogP contribution in [-0.2, 0) is 14.3 Å². The monoisotopic (exact) mass is 322 g/mol. The minimum Gasteiger partial charge on any atom is -0.371 e. The van der Waals surface area contributed by atoms with Gasteiger partial charge in [0.25, 0.3) is 0 Å². The van der Waals surface area contributed by atoms with Crippen LogP contribution in [0.1, 0.15) is 52.4 Å². The molecule has 3 rings (SSSR count). The van der Waals surface area contributed by atoms with Crippen LogP contribution in [0, 0.1) is 11.8 Å². The van der Waals surface area contributed by atoms with Crippen LogP contribution < -0.4 is 0 Å². The number of hydrogen-bond acceptors (Lipinski definition) is 3. The molecular formula is C18H30N2O3. The van der Waals surface area contributed by atoms with Crippen molar-refractivity contribution in [1.82, 2.24) is 9.80 Å². The first-order valence-electron chi connectivity index (χ1n) is 9.17. The second-order valence-corrected chi connectivity index (χ2v) is 8.04. The van der Waals surface area contributed by atoms with E-state index in [-0.39, 0.29) is 11.5 Å². The van der Waals surface area contributed by atoms with Gasteiger partial charge in [-0.15, -0.1) is 0 Å². The summed E-state index contributed by atoms with van der Waals surface area (Å²) in [4.78, 5) is 27.9. The van der Waals surface area contributed by atoms with Crippen LogP contribution in [0.15, 0.2) is 0 Å². The van der Waals surface area contributed by atoms with E-state index >= 15 is 0 Å². The Balaban J connectivity index is 1.41. The zero-order valence-corrected chi connectivity index (χ0v) is 14.6. The van der Waals surface area contributed by atoms with Crippen LogP contribution in [0.4, 0.5) is 0 Å². The summed E-state index contributed by atoms with van der Waals surface area (Å²) in [5, 5.41) is 0. The van der Waals surface area contributed by atoms with E-state index in [2.05, 4.69) is 13.8 Å². The molecule has 0 aromatic carbocycles. The van der Waals surface area contributed by atoms with Gasteiger partial charge in [-0.05, 0) is 31.6 Å².